The predicted molar refractivity (Wildman–Crippen MR) is 98.1 cm³/mol. The molecule has 0 radical (unpaired) electrons. The van der Waals surface area contributed by atoms with E-state index in [0.717, 1.165) is 30.9 Å². The molecule has 0 saturated carbocycles. The Labute approximate surface area is 142 Å². The topological polar surface area (TPSA) is 41.6 Å². The molecule has 4 heteroatoms. The number of ether oxygens (including phenoxy) is 1. The molecule has 1 amide bonds. The summed E-state index contributed by atoms with van der Waals surface area (Å²) in [6, 6.07) is 13.2. The number of nitrogens with one attached hydrogen (secondary N) is 1. The van der Waals surface area contributed by atoms with Crippen LogP contribution in [0.5, 0.6) is 5.75 Å². The molecule has 2 aromatic carbocycles. The first-order valence-corrected chi connectivity index (χ1v) is 8.24. The number of rotatable bonds is 6. The SMILES string of the molecule is C=CCOc1ccc(C(=O)Nc2ccc3c(c2)N(CC)CC3)cc1. The fraction of sp³-hybridized carbons (Fsp3) is 0.250. The normalized spacial score (nSPS) is 12.6. The fourth-order valence-electron chi connectivity index (χ4n) is 2.91. The number of hydrogen-bond donors (Lipinski definition) is 1. The van der Waals surface area contributed by atoms with Crippen LogP contribution in [0.25, 0.3) is 0 Å². The summed E-state index contributed by atoms with van der Waals surface area (Å²) in [6.45, 7) is 8.25. The van der Waals surface area contributed by atoms with E-state index in [2.05, 4.69) is 35.9 Å². The van der Waals surface area contributed by atoms with Gasteiger partial charge in [0.05, 0.1) is 0 Å². The first-order valence-electron chi connectivity index (χ1n) is 8.24. The van der Waals surface area contributed by atoms with Crippen molar-refractivity contribution in [1.82, 2.24) is 0 Å². The molecule has 0 aromatic heterocycles. The molecule has 0 aliphatic carbocycles. The second kappa shape index (κ2) is 7.21. The minimum absolute atomic E-state index is 0.119. The predicted octanol–water partition coefficient (Wildman–Crippen LogP) is 3.89. The first kappa shape index (κ1) is 16.1. The van der Waals surface area contributed by atoms with Gasteiger partial charge in [0.2, 0.25) is 0 Å². The van der Waals surface area contributed by atoms with Gasteiger partial charge in [-0.05, 0) is 55.3 Å². The van der Waals surface area contributed by atoms with Crippen molar-refractivity contribution < 1.29 is 9.53 Å². The minimum atomic E-state index is -0.119. The van der Waals surface area contributed by atoms with Crippen LogP contribution in [-0.2, 0) is 6.42 Å². The maximum atomic E-state index is 12.4. The Kier molecular flexibility index (Phi) is 4.85. The summed E-state index contributed by atoms with van der Waals surface area (Å²) < 4.78 is 5.43. The number of anilines is 2. The third-order valence-corrected chi connectivity index (χ3v) is 4.20. The fourth-order valence-corrected chi connectivity index (χ4v) is 2.91. The molecule has 124 valence electrons. The van der Waals surface area contributed by atoms with Crippen LogP contribution in [0.1, 0.15) is 22.8 Å². The largest absolute Gasteiger partial charge is 0.490 e. The van der Waals surface area contributed by atoms with Crippen LogP contribution in [0.15, 0.2) is 55.1 Å². The summed E-state index contributed by atoms with van der Waals surface area (Å²) in [4.78, 5) is 14.7. The van der Waals surface area contributed by atoms with Crippen molar-refractivity contribution in [3.8, 4) is 5.75 Å². The highest BCUT2D eigenvalue weighted by Crippen LogP contribution is 2.30. The van der Waals surface area contributed by atoms with E-state index in [1.165, 1.54) is 11.3 Å². The molecule has 1 N–H and O–H groups in total. The second-order valence-corrected chi connectivity index (χ2v) is 5.75. The highest BCUT2D eigenvalue weighted by molar-refractivity contribution is 6.04. The Morgan fingerprint density at radius 1 is 1.29 bits per heavy atom. The molecule has 2 aromatic rings. The molecule has 0 spiro atoms. The summed E-state index contributed by atoms with van der Waals surface area (Å²) in [5.74, 6) is 0.605. The average molecular weight is 322 g/mol. The zero-order valence-corrected chi connectivity index (χ0v) is 13.9. The molecule has 24 heavy (non-hydrogen) atoms. The Morgan fingerprint density at radius 3 is 2.79 bits per heavy atom. The van der Waals surface area contributed by atoms with E-state index < -0.39 is 0 Å². The van der Waals surface area contributed by atoms with Crippen molar-refractivity contribution in [3.63, 3.8) is 0 Å². The van der Waals surface area contributed by atoms with E-state index in [4.69, 9.17) is 4.74 Å². The van der Waals surface area contributed by atoms with Crippen LogP contribution >= 0.6 is 0 Å². The molecule has 3 rings (SSSR count). The lowest BCUT2D eigenvalue weighted by Crippen LogP contribution is -2.19. The van der Waals surface area contributed by atoms with Gasteiger partial charge in [-0.2, -0.15) is 0 Å². The van der Waals surface area contributed by atoms with E-state index >= 15 is 0 Å². The van der Waals surface area contributed by atoms with E-state index in [0.29, 0.717) is 12.2 Å². The van der Waals surface area contributed by atoms with Crippen molar-refractivity contribution in [1.29, 1.82) is 0 Å². The third-order valence-electron chi connectivity index (χ3n) is 4.20. The maximum Gasteiger partial charge on any atom is 0.255 e. The van der Waals surface area contributed by atoms with Crippen LogP contribution < -0.4 is 15.0 Å². The van der Waals surface area contributed by atoms with E-state index in [9.17, 15) is 4.79 Å². The molecule has 0 saturated heterocycles. The molecule has 0 bridgehead atoms. The highest BCUT2D eigenvalue weighted by Gasteiger charge is 2.18. The summed E-state index contributed by atoms with van der Waals surface area (Å²) in [5.41, 5.74) is 4.00. The van der Waals surface area contributed by atoms with Crippen LogP contribution in [0.3, 0.4) is 0 Å². The van der Waals surface area contributed by atoms with Gasteiger partial charge < -0.3 is 15.0 Å². The summed E-state index contributed by atoms with van der Waals surface area (Å²) in [7, 11) is 0. The zero-order chi connectivity index (χ0) is 16.9. The van der Waals surface area contributed by atoms with Gasteiger partial charge in [0.15, 0.2) is 0 Å². The number of amides is 1. The van der Waals surface area contributed by atoms with Crippen molar-refractivity contribution >= 4 is 17.3 Å². The summed E-state index contributed by atoms with van der Waals surface area (Å²) in [5, 5.41) is 2.97. The van der Waals surface area contributed by atoms with Gasteiger partial charge >= 0.3 is 0 Å². The van der Waals surface area contributed by atoms with Crippen molar-refractivity contribution in [2.24, 2.45) is 0 Å². The van der Waals surface area contributed by atoms with Gasteiger partial charge in [0, 0.05) is 30.0 Å². The molecular formula is C20H22N2O2. The number of carbonyl (C=O) groups is 1. The van der Waals surface area contributed by atoms with Gasteiger partial charge in [0.1, 0.15) is 12.4 Å². The first-order chi connectivity index (χ1) is 11.7. The number of hydrogen-bond acceptors (Lipinski definition) is 3. The lowest BCUT2D eigenvalue weighted by molar-refractivity contribution is 0.102. The lowest BCUT2D eigenvalue weighted by atomic mass is 10.1. The monoisotopic (exact) mass is 322 g/mol. The Morgan fingerprint density at radius 2 is 2.08 bits per heavy atom. The van der Waals surface area contributed by atoms with E-state index in [1.807, 2.05) is 6.07 Å². The maximum absolute atomic E-state index is 12.4. The van der Waals surface area contributed by atoms with Crippen molar-refractivity contribution in [2.45, 2.75) is 13.3 Å². The Hall–Kier alpha value is -2.75. The second-order valence-electron chi connectivity index (χ2n) is 5.75. The molecule has 1 heterocycles. The molecule has 0 fully saturated rings. The van der Waals surface area contributed by atoms with Gasteiger partial charge in [-0.1, -0.05) is 18.7 Å². The van der Waals surface area contributed by atoms with Crippen LogP contribution in [0.2, 0.25) is 0 Å². The smallest absolute Gasteiger partial charge is 0.255 e. The highest BCUT2D eigenvalue weighted by atomic mass is 16.5. The summed E-state index contributed by atoms with van der Waals surface area (Å²) in [6.07, 6.45) is 2.76. The number of likely N-dealkylation sites (N-methyl/N-ethyl adjacent to an activating group) is 1. The third kappa shape index (κ3) is 3.43. The van der Waals surface area contributed by atoms with Gasteiger partial charge in [-0.3, -0.25) is 4.79 Å². The molecular weight excluding hydrogens is 300 g/mol. The minimum Gasteiger partial charge on any atom is -0.490 e. The molecule has 4 nitrogen and oxygen atoms in total. The molecule has 0 atom stereocenters. The molecule has 0 unspecified atom stereocenters. The van der Waals surface area contributed by atoms with Gasteiger partial charge in [-0.25, -0.2) is 0 Å². The zero-order valence-electron chi connectivity index (χ0n) is 13.9. The van der Waals surface area contributed by atoms with E-state index in [1.54, 1.807) is 30.3 Å². The lowest BCUT2D eigenvalue weighted by Gasteiger charge is -2.17. The van der Waals surface area contributed by atoms with Crippen LogP contribution in [0, 0.1) is 0 Å². The summed E-state index contributed by atoms with van der Waals surface area (Å²) >= 11 is 0. The number of carbonyl (C=O) groups excluding carboxylic acids is 1. The Balaban J connectivity index is 1.70. The quantitative estimate of drug-likeness (QED) is 0.821. The van der Waals surface area contributed by atoms with Crippen molar-refractivity contribution in [2.75, 3.05) is 29.9 Å². The average Bonchev–Trinajstić information content (AvgIpc) is 3.02. The van der Waals surface area contributed by atoms with Gasteiger partial charge in [-0.15, -0.1) is 0 Å². The molecule has 1 aliphatic heterocycles. The van der Waals surface area contributed by atoms with Crippen molar-refractivity contribution in [3.05, 3.63) is 66.2 Å². The standard InChI is InChI=1S/C20H22N2O2/c1-3-13-24-18-9-6-16(7-10-18)20(23)21-17-8-5-15-11-12-22(4-2)19(15)14-17/h3,5-10,14H,1,4,11-13H2,2H3,(H,21,23). The molecule has 1 aliphatic rings. The van der Waals surface area contributed by atoms with Gasteiger partial charge in [0.25, 0.3) is 5.91 Å². The number of nitrogens with zero attached hydrogens (tertiary/aromatic N) is 1. The number of benzene rings is 2. The number of fused-ring (bicyclic) bond motifs is 1. The Bertz CT molecular complexity index is 738. The van der Waals surface area contributed by atoms with Crippen LogP contribution in [0.4, 0.5) is 11.4 Å². The van der Waals surface area contributed by atoms with Crippen LogP contribution in [-0.4, -0.2) is 25.6 Å². The van der Waals surface area contributed by atoms with E-state index in [-0.39, 0.29) is 5.91 Å².